The Morgan fingerprint density at radius 3 is 2.07 bits per heavy atom. The normalized spacial score (nSPS) is 18.3. The Morgan fingerprint density at radius 1 is 0.857 bits per heavy atom. The molecule has 0 fully saturated rings. The highest BCUT2D eigenvalue weighted by Crippen LogP contribution is 2.23. The lowest BCUT2D eigenvalue weighted by molar-refractivity contribution is -0.124. The number of nitrogens with zero attached hydrogens (tertiary/aromatic N) is 1. The SMILES string of the molecule is O=C(N[C@@]1(Cc2ccccc2)N=C(c2ccccc2)NC1=O)c1ccccc1. The molecule has 3 aromatic carbocycles. The zero-order valence-electron chi connectivity index (χ0n) is 15.1. The van der Waals surface area contributed by atoms with Gasteiger partial charge in [-0.05, 0) is 17.7 Å². The van der Waals surface area contributed by atoms with E-state index in [4.69, 9.17) is 0 Å². The average molecular weight is 369 g/mol. The topological polar surface area (TPSA) is 70.6 Å². The van der Waals surface area contributed by atoms with Gasteiger partial charge in [-0.3, -0.25) is 9.59 Å². The fraction of sp³-hybridized carbons (Fsp3) is 0.0870. The first-order valence-electron chi connectivity index (χ1n) is 9.04. The second-order valence-corrected chi connectivity index (χ2v) is 6.62. The van der Waals surface area contributed by atoms with Crippen LogP contribution >= 0.6 is 0 Å². The number of amides is 2. The summed E-state index contributed by atoms with van der Waals surface area (Å²) in [6, 6.07) is 27.8. The van der Waals surface area contributed by atoms with E-state index < -0.39 is 5.66 Å². The molecule has 0 aromatic heterocycles. The number of nitrogens with one attached hydrogen (secondary N) is 2. The van der Waals surface area contributed by atoms with Crippen LogP contribution in [0.5, 0.6) is 0 Å². The fourth-order valence-corrected chi connectivity index (χ4v) is 3.20. The van der Waals surface area contributed by atoms with Crippen LogP contribution in [-0.4, -0.2) is 23.3 Å². The van der Waals surface area contributed by atoms with Crippen molar-refractivity contribution in [1.82, 2.24) is 10.6 Å². The lowest BCUT2D eigenvalue weighted by Crippen LogP contribution is -2.55. The summed E-state index contributed by atoms with van der Waals surface area (Å²) in [4.78, 5) is 30.5. The Kier molecular flexibility index (Phi) is 4.72. The van der Waals surface area contributed by atoms with Gasteiger partial charge in [-0.2, -0.15) is 0 Å². The minimum Gasteiger partial charge on any atom is -0.320 e. The molecule has 0 saturated heterocycles. The third kappa shape index (κ3) is 3.55. The Hall–Kier alpha value is -3.73. The summed E-state index contributed by atoms with van der Waals surface area (Å²) in [6.07, 6.45) is 0.259. The van der Waals surface area contributed by atoms with Gasteiger partial charge in [0, 0.05) is 17.5 Å². The van der Waals surface area contributed by atoms with Gasteiger partial charge in [-0.1, -0.05) is 78.9 Å². The van der Waals surface area contributed by atoms with Gasteiger partial charge < -0.3 is 10.6 Å². The minimum atomic E-state index is -1.40. The van der Waals surface area contributed by atoms with Gasteiger partial charge in [0.2, 0.25) is 5.66 Å². The molecular formula is C23H19N3O2. The Labute approximate surface area is 163 Å². The molecular weight excluding hydrogens is 350 g/mol. The molecule has 1 heterocycles. The van der Waals surface area contributed by atoms with Crippen molar-refractivity contribution < 1.29 is 9.59 Å². The predicted molar refractivity (Wildman–Crippen MR) is 108 cm³/mol. The summed E-state index contributed by atoms with van der Waals surface area (Å²) in [5, 5.41) is 5.70. The van der Waals surface area contributed by atoms with Crippen LogP contribution < -0.4 is 10.6 Å². The van der Waals surface area contributed by atoms with Gasteiger partial charge in [0.1, 0.15) is 5.84 Å². The van der Waals surface area contributed by atoms with Gasteiger partial charge >= 0.3 is 0 Å². The first-order chi connectivity index (χ1) is 13.7. The Bertz CT molecular complexity index is 1020. The number of rotatable bonds is 5. The smallest absolute Gasteiger partial charge is 0.274 e. The molecule has 0 aliphatic carbocycles. The molecule has 0 radical (unpaired) electrons. The number of hydrogen-bond donors (Lipinski definition) is 2. The lowest BCUT2D eigenvalue weighted by Gasteiger charge is -2.25. The molecule has 2 amide bonds. The first kappa shape index (κ1) is 17.7. The first-order valence-corrected chi connectivity index (χ1v) is 9.04. The highest BCUT2D eigenvalue weighted by Gasteiger charge is 2.45. The summed E-state index contributed by atoms with van der Waals surface area (Å²) < 4.78 is 0. The van der Waals surface area contributed by atoms with E-state index >= 15 is 0 Å². The zero-order valence-corrected chi connectivity index (χ0v) is 15.1. The van der Waals surface area contributed by atoms with E-state index in [0.29, 0.717) is 11.4 Å². The quantitative estimate of drug-likeness (QED) is 0.726. The summed E-state index contributed by atoms with van der Waals surface area (Å²) in [5.41, 5.74) is 0.773. The molecule has 28 heavy (non-hydrogen) atoms. The van der Waals surface area contributed by atoms with Gasteiger partial charge in [0.25, 0.3) is 11.8 Å². The molecule has 1 atom stereocenters. The van der Waals surface area contributed by atoms with E-state index in [0.717, 1.165) is 11.1 Å². The zero-order chi connectivity index (χ0) is 19.4. The molecule has 1 aliphatic rings. The number of aliphatic imine (C=N–C) groups is 1. The van der Waals surface area contributed by atoms with Crippen LogP contribution in [0.1, 0.15) is 21.5 Å². The average Bonchev–Trinajstić information content (AvgIpc) is 3.06. The van der Waals surface area contributed by atoms with Crippen LogP contribution in [-0.2, 0) is 11.2 Å². The van der Waals surface area contributed by atoms with Gasteiger partial charge in [-0.15, -0.1) is 0 Å². The summed E-state index contributed by atoms with van der Waals surface area (Å²) in [6.45, 7) is 0. The minimum absolute atomic E-state index is 0.259. The van der Waals surface area contributed by atoms with Crippen LogP contribution in [0, 0.1) is 0 Å². The number of benzene rings is 3. The van der Waals surface area contributed by atoms with E-state index in [9.17, 15) is 9.59 Å². The van der Waals surface area contributed by atoms with Crippen molar-refractivity contribution in [2.75, 3.05) is 0 Å². The molecule has 0 bridgehead atoms. The molecule has 2 N–H and O–H groups in total. The molecule has 138 valence electrons. The van der Waals surface area contributed by atoms with Crippen molar-refractivity contribution in [3.05, 3.63) is 108 Å². The van der Waals surface area contributed by atoms with Gasteiger partial charge in [0.15, 0.2) is 0 Å². The van der Waals surface area contributed by atoms with E-state index in [1.165, 1.54) is 0 Å². The largest absolute Gasteiger partial charge is 0.320 e. The molecule has 5 nitrogen and oxygen atoms in total. The highest BCUT2D eigenvalue weighted by molar-refractivity contribution is 6.16. The van der Waals surface area contributed by atoms with E-state index in [1.807, 2.05) is 66.7 Å². The Morgan fingerprint density at radius 2 is 1.43 bits per heavy atom. The maximum Gasteiger partial charge on any atom is 0.274 e. The maximum absolute atomic E-state index is 13.0. The standard InChI is InChI=1S/C23H19N3O2/c27-21(19-14-8-3-9-15-19)26-23(16-17-10-4-1-5-11-17)22(28)24-20(25-23)18-12-6-2-7-13-18/h1-15H,16H2,(H,26,27)(H,24,25,28)/t23-/m1/s1. The lowest BCUT2D eigenvalue weighted by atomic mass is 9.99. The highest BCUT2D eigenvalue weighted by atomic mass is 16.2. The van der Waals surface area contributed by atoms with Crippen molar-refractivity contribution in [3.63, 3.8) is 0 Å². The van der Waals surface area contributed by atoms with Crippen molar-refractivity contribution in [2.45, 2.75) is 12.1 Å². The number of carbonyl (C=O) groups excluding carboxylic acids is 2. The monoisotopic (exact) mass is 369 g/mol. The number of hydrogen-bond acceptors (Lipinski definition) is 3. The molecule has 0 spiro atoms. The third-order valence-corrected chi connectivity index (χ3v) is 4.62. The van der Waals surface area contributed by atoms with E-state index in [1.54, 1.807) is 24.3 Å². The fourth-order valence-electron chi connectivity index (χ4n) is 3.20. The van der Waals surface area contributed by atoms with E-state index in [-0.39, 0.29) is 18.2 Å². The van der Waals surface area contributed by atoms with Crippen molar-refractivity contribution in [2.24, 2.45) is 4.99 Å². The molecule has 4 rings (SSSR count). The summed E-state index contributed by atoms with van der Waals surface area (Å²) in [5.74, 6) is -0.237. The van der Waals surface area contributed by atoms with Crippen LogP contribution in [0.15, 0.2) is 96.0 Å². The second-order valence-electron chi connectivity index (χ2n) is 6.62. The molecule has 5 heteroatoms. The van der Waals surface area contributed by atoms with Crippen molar-refractivity contribution >= 4 is 17.6 Å². The van der Waals surface area contributed by atoms with Crippen LogP contribution in [0.2, 0.25) is 0 Å². The number of carbonyl (C=O) groups is 2. The van der Waals surface area contributed by atoms with Crippen LogP contribution in [0.4, 0.5) is 0 Å². The maximum atomic E-state index is 13.0. The van der Waals surface area contributed by atoms with E-state index in [2.05, 4.69) is 15.6 Å². The van der Waals surface area contributed by atoms with Gasteiger partial charge in [-0.25, -0.2) is 4.99 Å². The molecule has 0 saturated carbocycles. The van der Waals surface area contributed by atoms with Crippen molar-refractivity contribution in [3.8, 4) is 0 Å². The third-order valence-electron chi connectivity index (χ3n) is 4.62. The second kappa shape index (κ2) is 7.48. The van der Waals surface area contributed by atoms with Crippen LogP contribution in [0.25, 0.3) is 0 Å². The predicted octanol–water partition coefficient (Wildman–Crippen LogP) is 2.93. The molecule has 0 unspecified atom stereocenters. The van der Waals surface area contributed by atoms with Gasteiger partial charge in [0.05, 0.1) is 0 Å². The summed E-state index contributed by atoms with van der Waals surface area (Å²) >= 11 is 0. The molecule has 3 aromatic rings. The van der Waals surface area contributed by atoms with Crippen molar-refractivity contribution in [1.29, 1.82) is 0 Å². The number of amidine groups is 1. The Balaban J connectivity index is 1.72. The van der Waals surface area contributed by atoms with Crippen LogP contribution in [0.3, 0.4) is 0 Å². The molecule has 1 aliphatic heterocycles. The summed E-state index contributed by atoms with van der Waals surface area (Å²) in [7, 11) is 0.